The first-order valence-corrected chi connectivity index (χ1v) is 12.6. The van der Waals surface area contributed by atoms with E-state index in [2.05, 4.69) is 25.3 Å². The van der Waals surface area contributed by atoms with Crippen LogP contribution in [0.4, 0.5) is 21.8 Å². The van der Waals surface area contributed by atoms with Gasteiger partial charge in [-0.1, -0.05) is 23.7 Å². The molecule has 0 unspecified atom stereocenters. The summed E-state index contributed by atoms with van der Waals surface area (Å²) in [6, 6.07) is 4.40. The molecule has 3 aromatic rings. The third-order valence-electron chi connectivity index (χ3n) is 5.76. The Kier molecular flexibility index (Phi) is 6.44. The third kappa shape index (κ3) is 5.01. The highest BCUT2D eigenvalue weighted by Crippen LogP contribution is 2.33. The van der Waals surface area contributed by atoms with Crippen LogP contribution in [0.5, 0.6) is 0 Å². The molecular formula is C23H21ClFN7O2S. The van der Waals surface area contributed by atoms with Crippen molar-refractivity contribution in [3.63, 3.8) is 0 Å². The molecule has 0 bridgehead atoms. The van der Waals surface area contributed by atoms with Crippen molar-refractivity contribution in [1.82, 2.24) is 19.9 Å². The first-order valence-electron chi connectivity index (χ1n) is 10.9. The van der Waals surface area contributed by atoms with Gasteiger partial charge in [0, 0.05) is 43.3 Å². The minimum Gasteiger partial charge on any atom is -0.369 e. The summed E-state index contributed by atoms with van der Waals surface area (Å²) in [5.41, 5.74) is 7.54. The molecule has 9 nitrogen and oxygen atoms in total. The van der Waals surface area contributed by atoms with Crippen molar-refractivity contribution >= 4 is 51.3 Å². The number of carbonyl (C=O) groups is 1. The standard InChI is InChI=1S/C23H21ClFN7O2S/c24-15-11-27-21(28-12-15)13-3-6-32(7-4-13)23-30-18-5-8-35(34)20(18)22(31-23)29-16-2-1-14(9-19(26)33)17(25)10-16/h1-3,10-12H,4-9H2,(H2,26,33)(H,29,30,31)/t35-/m1/s1. The number of amides is 1. The molecule has 0 aliphatic carbocycles. The number of fused-ring (bicyclic) bond motifs is 1. The van der Waals surface area contributed by atoms with Crippen LogP contribution < -0.4 is 16.0 Å². The Morgan fingerprint density at radius 3 is 2.71 bits per heavy atom. The number of nitrogens with two attached hydrogens (primary N) is 1. The van der Waals surface area contributed by atoms with Gasteiger partial charge in [-0.15, -0.1) is 0 Å². The van der Waals surface area contributed by atoms with Crippen molar-refractivity contribution in [2.24, 2.45) is 5.73 Å². The van der Waals surface area contributed by atoms with E-state index in [0.717, 1.165) is 11.3 Å². The number of nitrogens with one attached hydrogen (secondary N) is 1. The molecule has 1 atom stereocenters. The monoisotopic (exact) mass is 513 g/mol. The fourth-order valence-electron chi connectivity index (χ4n) is 4.04. The molecule has 180 valence electrons. The number of aryl methyl sites for hydroxylation is 1. The van der Waals surface area contributed by atoms with Crippen molar-refractivity contribution in [3.05, 3.63) is 64.6 Å². The number of hydrogen-bond donors (Lipinski definition) is 2. The molecule has 0 radical (unpaired) electrons. The van der Waals surface area contributed by atoms with E-state index in [9.17, 15) is 13.4 Å². The van der Waals surface area contributed by atoms with Crippen LogP contribution in [0.15, 0.2) is 41.6 Å². The molecule has 0 fully saturated rings. The van der Waals surface area contributed by atoms with Gasteiger partial charge < -0.3 is 16.0 Å². The smallest absolute Gasteiger partial charge is 0.227 e. The van der Waals surface area contributed by atoms with Crippen molar-refractivity contribution in [1.29, 1.82) is 0 Å². The summed E-state index contributed by atoms with van der Waals surface area (Å²) in [6.07, 6.45) is 6.26. The number of carbonyl (C=O) groups excluding carboxylic acids is 1. The van der Waals surface area contributed by atoms with Gasteiger partial charge >= 0.3 is 0 Å². The molecule has 0 saturated heterocycles. The summed E-state index contributed by atoms with van der Waals surface area (Å²) >= 11 is 5.88. The SMILES string of the molecule is NC(=O)Cc1ccc(Nc2nc(N3CC=C(c4ncc(Cl)cn4)CC3)nc3c2[S@](=O)CC3)cc1F. The van der Waals surface area contributed by atoms with E-state index in [4.69, 9.17) is 17.3 Å². The van der Waals surface area contributed by atoms with Crippen LogP contribution in [0, 0.1) is 5.82 Å². The Hall–Kier alpha value is -3.44. The zero-order valence-corrected chi connectivity index (χ0v) is 20.1. The lowest BCUT2D eigenvalue weighted by molar-refractivity contribution is -0.117. The van der Waals surface area contributed by atoms with Gasteiger partial charge in [0.05, 0.1) is 27.9 Å². The van der Waals surface area contributed by atoms with Crippen LogP contribution in [0.3, 0.4) is 0 Å². The number of rotatable bonds is 6. The number of halogens is 2. The summed E-state index contributed by atoms with van der Waals surface area (Å²) in [6.45, 7) is 1.20. The quantitative estimate of drug-likeness (QED) is 0.515. The van der Waals surface area contributed by atoms with Gasteiger partial charge in [0.2, 0.25) is 11.9 Å². The first-order chi connectivity index (χ1) is 16.9. The summed E-state index contributed by atoms with van der Waals surface area (Å²) in [5, 5.41) is 3.58. The summed E-state index contributed by atoms with van der Waals surface area (Å²) in [4.78, 5) is 31.6. The molecule has 2 aromatic heterocycles. The van der Waals surface area contributed by atoms with Gasteiger partial charge in [0.15, 0.2) is 11.6 Å². The molecule has 0 saturated carbocycles. The van der Waals surface area contributed by atoms with Gasteiger partial charge in [0.25, 0.3) is 0 Å². The second-order valence-corrected chi connectivity index (χ2v) is 10.1. The number of nitrogens with zero attached hydrogens (tertiary/aromatic N) is 5. The second-order valence-electron chi connectivity index (χ2n) is 8.17. The Bertz CT molecular complexity index is 1370. The molecule has 5 rings (SSSR count). The molecule has 1 amide bonds. The number of primary amides is 1. The summed E-state index contributed by atoms with van der Waals surface area (Å²) < 4.78 is 27.1. The number of anilines is 3. The van der Waals surface area contributed by atoms with E-state index in [1.54, 1.807) is 18.5 Å². The first kappa shape index (κ1) is 23.3. The normalized spacial score (nSPS) is 17.1. The predicted molar refractivity (Wildman–Crippen MR) is 131 cm³/mol. The lowest BCUT2D eigenvalue weighted by atomic mass is 10.1. The third-order valence-corrected chi connectivity index (χ3v) is 7.41. The van der Waals surface area contributed by atoms with Gasteiger partial charge in [-0.3, -0.25) is 9.00 Å². The number of aromatic nitrogens is 4. The van der Waals surface area contributed by atoms with Crippen LogP contribution in [-0.4, -0.2) is 48.9 Å². The molecular weight excluding hydrogens is 493 g/mol. The lowest BCUT2D eigenvalue weighted by Gasteiger charge is -2.27. The van der Waals surface area contributed by atoms with Crippen LogP contribution >= 0.6 is 11.6 Å². The lowest BCUT2D eigenvalue weighted by Crippen LogP contribution is -2.30. The molecule has 1 aromatic carbocycles. The van der Waals surface area contributed by atoms with E-state index in [1.165, 1.54) is 12.1 Å². The maximum atomic E-state index is 14.5. The van der Waals surface area contributed by atoms with Crippen LogP contribution in [0.25, 0.3) is 5.57 Å². The molecule has 35 heavy (non-hydrogen) atoms. The fourth-order valence-corrected chi connectivity index (χ4v) is 5.44. The summed E-state index contributed by atoms with van der Waals surface area (Å²) in [7, 11) is -1.25. The predicted octanol–water partition coefficient (Wildman–Crippen LogP) is 2.79. The van der Waals surface area contributed by atoms with Gasteiger partial charge in [-0.25, -0.2) is 19.3 Å². The van der Waals surface area contributed by atoms with Gasteiger partial charge in [0.1, 0.15) is 10.7 Å². The Morgan fingerprint density at radius 1 is 1.23 bits per heavy atom. The second kappa shape index (κ2) is 9.67. The zero-order chi connectivity index (χ0) is 24.5. The molecule has 12 heteroatoms. The van der Waals surface area contributed by atoms with Crippen molar-refractivity contribution in [2.45, 2.75) is 24.2 Å². The Labute approximate surface area is 208 Å². The molecule has 3 N–H and O–H groups in total. The number of benzene rings is 1. The van der Waals surface area contributed by atoms with Crippen molar-refractivity contribution < 1.29 is 13.4 Å². The van der Waals surface area contributed by atoms with Gasteiger partial charge in [-0.2, -0.15) is 4.98 Å². The minimum atomic E-state index is -1.25. The van der Waals surface area contributed by atoms with E-state index < -0.39 is 22.5 Å². The van der Waals surface area contributed by atoms with Crippen molar-refractivity contribution in [3.8, 4) is 0 Å². The average molecular weight is 514 g/mol. The van der Waals surface area contributed by atoms with Crippen molar-refractivity contribution in [2.75, 3.05) is 29.1 Å². The van der Waals surface area contributed by atoms with Gasteiger partial charge in [-0.05, 0) is 29.7 Å². The van der Waals surface area contributed by atoms with Crippen LogP contribution in [-0.2, 0) is 28.4 Å². The highest BCUT2D eigenvalue weighted by atomic mass is 35.5. The number of hydrogen-bond acceptors (Lipinski definition) is 8. The van der Waals surface area contributed by atoms with E-state index in [1.807, 2.05) is 11.0 Å². The zero-order valence-electron chi connectivity index (χ0n) is 18.5. The fraction of sp³-hybridized carbons (Fsp3) is 0.261. The Balaban J connectivity index is 1.41. The molecule has 2 aliphatic rings. The largest absolute Gasteiger partial charge is 0.369 e. The average Bonchev–Trinajstić information content (AvgIpc) is 3.22. The highest BCUT2D eigenvalue weighted by molar-refractivity contribution is 7.85. The maximum Gasteiger partial charge on any atom is 0.227 e. The highest BCUT2D eigenvalue weighted by Gasteiger charge is 2.28. The van der Waals surface area contributed by atoms with E-state index >= 15 is 0 Å². The van der Waals surface area contributed by atoms with E-state index in [0.29, 0.717) is 64.9 Å². The molecule has 4 heterocycles. The summed E-state index contributed by atoms with van der Waals surface area (Å²) in [5.74, 6) is 0.829. The minimum absolute atomic E-state index is 0.186. The van der Waals surface area contributed by atoms with E-state index in [-0.39, 0.29) is 12.0 Å². The van der Waals surface area contributed by atoms with Crippen LogP contribution in [0.1, 0.15) is 23.5 Å². The topological polar surface area (TPSA) is 127 Å². The van der Waals surface area contributed by atoms with Crippen LogP contribution in [0.2, 0.25) is 5.02 Å². The Morgan fingerprint density at radius 2 is 2.03 bits per heavy atom. The maximum absolute atomic E-state index is 14.5. The molecule has 2 aliphatic heterocycles. The molecule has 0 spiro atoms.